The average molecular weight is 139 g/mol. The molecule has 0 saturated carbocycles. The van der Waals surface area contributed by atoms with Crippen LogP contribution < -0.4 is 0 Å². The van der Waals surface area contributed by atoms with Crippen molar-refractivity contribution in [3.8, 4) is 6.07 Å². The minimum atomic E-state index is -4.45. The molecule has 0 aliphatic heterocycles. The highest BCUT2D eigenvalue weighted by Gasteiger charge is 2.30. The highest BCUT2D eigenvalue weighted by Crippen LogP contribution is 2.20. The molecule has 0 bridgehead atoms. The van der Waals surface area contributed by atoms with Crippen LogP contribution in [0.2, 0.25) is 0 Å². The second-order valence-electron chi connectivity index (χ2n) is 1.46. The Morgan fingerprint density at radius 1 is 1.56 bits per heavy atom. The lowest BCUT2D eigenvalue weighted by Gasteiger charge is -2.04. The van der Waals surface area contributed by atoms with Crippen LogP contribution in [0, 0.1) is 11.3 Å². The van der Waals surface area contributed by atoms with Crippen molar-refractivity contribution in [1.82, 2.24) is 0 Å². The van der Waals surface area contributed by atoms with E-state index in [0.29, 0.717) is 0 Å². The van der Waals surface area contributed by atoms with E-state index >= 15 is 0 Å². The monoisotopic (exact) mass is 139 g/mol. The molecule has 0 rings (SSSR count). The van der Waals surface area contributed by atoms with Gasteiger partial charge in [-0.1, -0.05) is 0 Å². The van der Waals surface area contributed by atoms with Crippen LogP contribution in [0.5, 0.6) is 0 Å². The smallest absolute Gasteiger partial charge is 0.378 e. The molecule has 9 heavy (non-hydrogen) atoms. The van der Waals surface area contributed by atoms with Gasteiger partial charge in [-0.05, 0) is 0 Å². The van der Waals surface area contributed by atoms with Crippen LogP contribution in [-0.4, -0.2) is 17.4 Å². The molecule has 1 atom stereocenters. The minimum Gasteiger partial charge on any atom is -0.378 e. The molecule has 0 radical (unpaired) electrons. The number of aliphatic hydroxyl groups is 1. The number of hydrogen-bond acceptors (Lipinski definition) is 2. The Morgan fingerprint density at radius 3 is 2.11 bits per heavy atom. The van der Waals surface area contributed by atoms with Gasteiger partial charge in [0.2, 0.25) is 0 Å². The van der Waals surface area contributed by atoms with E-state index in [4.69, 9.17) is 10.4 Å². The SMILES string of the molecule is N#CC(O)CC(F)(F)F. The molecular formula is C4H4F3NO. The van der Waals surface area contributed by atoms with E-state index in [0.717, 1.165) is 6.07 Å². The largest absolute Gasteiger partial charge is 0.392 e. The lowest BCUT2D eigenvalue weighted by molar-refractivity contribution is -0.147. The fourth-order valence-electron chi connectivity index (χ4n) is 0.265. The normalized spacial score (nSPS) is 14.6. The summed E-state index contributed by atoms with van der Waals surface area (Å²) in [5, 5.41) is 15.8. The number of aliphatic hydroxyl groups excluding tert-OH is 1. The van der Waals surface area contributed by atoms with Crippen LogP contribution in [0.4, 0.5) is 13.2 Å². The van der Waals surface area contributed by atoms with E-state index in [9.17, 15) is 13.2 Å². The van der Waals surface area contributed by atoms with Gasteiger partial charge in [-0.2, -0.15) is 18.4 Å². The van der Waals surface area contributed by atoms with E-state index in [-0.39, 0.29) is 0 Å². The van der Waals surface area contributed by atoms with Gasteiger partial charge in [0.1, 0.15) is 6.10 Å². The summed E-state index contributed by atoms with van der Waals surface area (Å²) in [5.41, 5.74) is 0. The molecule has 0 saturated heterocycles. The first-order valence-electron chi connectivity index (χ1n) is 2.10. The number of nitrogens with zero attached hydrogens (tertiary/aromatic N) is 1. The maximum atomic E-state index is 11.2. The van der Waals surface area contributed by atoms with E-state index in [1.165, 1.54) is 0 Å². The maximum Gasteiger partial charge on any atom is 0.392 e. The highest BCUT2D eigenvalue weighted by molar-refractivity contribution is 4.83. The first-order valence-corrected chi connectivity index (χ1v) is 2.10. The van der Waals surface area contributed by atoms with Gasteiger partial charge in [0, 0.05) is 0 Å². The van der Waals surface area contributed by atoms with Gasteiger partial charge in [-0.3, -0.25) is 0 Å². The maximum absolute atomic E-state index is 11.2. The van der Waals surface area contributed by atoms with Crippen molar-refractivity contribution in [3.63, 3.8) is 0 Å². The molecule has 0 aromatic rings. The molecule has 0 aliphatic carbocycles. The van der Waals surface area contributed by atoms with E-state index in [2.05, 4.69) is 0 Å². The number of alkyl halides is 3. The Balaban J connectivity index is 3.63. The summed E-state index contributed by atoms with van der Waals surface area (Å²) in [7, 11) is 0. The van der Waals surface area contributed by atoms with Crippen LogP contribution in [0.3, 0.4) is 0 Å². The molecule has 0 aliphatic rings. The third-order valence-corrected chi connectivity index (χ3v) is 0.574. The van der Waals surface area contributed by atoms with Crippen molar-refractivity contribution < 1.29 is 18.3 Å². The predicted octanol–water partition coefficient (Wildman–Crippen LogP) is 0.823. The van der Waals surface area contributed by atoms with Crippen molar-refractivity contribution in [3.05, 3.63) is 0 Å². The minimum absolute atomic E-state index is 1.06. The molecule has 5 heteroatoms. The standard InChI is InChI=1S/C4H4F3NO/c5-4(6,7)1-3(9)2-8/h3,9H,1H2. The van der Waals surface area contributed by atoms with Gasteiger partial charge in [0.05, 0.1) is 12.5 Å². The van der Waals surface area contributed by atoms with Crippen LogP contribution in [0.1, 0.15) is 6.42 Å². The highest BCUT2D eigenvalue weighted by atomic mass is 19.4. The predicted molar refractivity (Wildman–Crippen MR) is 22.3 cm³/mol. The van der Waals surface area contributed by atoms with E-state index < -0.39 is 18.7 Å². The first-order chi connectivity index (χ1) is 3.95. The Morgan fingerprint density at radius 2 is 2.00 bits per heavy atom. The number of nitriles is 1. The lowest BCUT2D eigenvalue weighted by atomic mass is 10.3. The van der Waals surface area contributed by atoms with Gasteiger partial charge < -0.3 is 5.11 Å². The molecule has 0 spiro atoms. The molecule has 1 N–H and O–H groups in total. The van der Waals surface area contributed by atoms with Crippen molar-refractivity contribution in [2.75, 3.05) is 0 Å². The Hall–Kier alpha value is -0.760. The van der Waals surface area contributed by atoms with Gasteiger partial charge >= 0.3 is 6.18 Å². The lowest BCUT2D eigenvalue weighted by Crippen LogP contribution is -2.17. The van der Waals surface area contributed by atoms with Crippen molar-refractivity contribution in [1.29, 1.82) is 5.26 Å². The van der Waals surface area contributed by atoms with Crippen LogP contribution >= 0.6 is 0 Å². The van der Waals surface area contributed by atoms with Gasteiger partial charge in [0.25, 0.3) is 0 Å². The molecule has 1 unspecified atom stereocenters. The summed E-state index contributed by atoms with van der Waals surface area (Å²) >= 11 is 0. The number of halogens is 3. The Labute approximate surface area is 49.5 Å². The van der Waals surface area contributed by atoms with Crippen LogP contribution in [0.15, 0.2) is 0 Å². The molecule has 0 heterocycles. The van der Waals surface area contributed by atoms with Crippen molar-refractivity contribution >= 4 is 0 Å². The van der Waals surface area contributed by atoms with Gasteiger partial charge in [0.15, 0.2) is 0 Å². The molecule has 0 aromatic carbocycles. The summed E-state index contributed by atoms with van der Waals surface area (Å²) in [6.45, 7) is 0. The zero-order chi connectivity index (χ0) is 7.49. The van der Waals surface area contributed by atoms with Crippen LogP contribution in [0.25, 0.3) is 0 Å². The Bertz CT molecular complexity index is 125. The second-order valence-corrected chi connectivity index (χ2v) is 1.46. The zero-order valence-electron chi connectivity index (χ0n) is 4.31. The van der Waals surface area contributed by atoms with Crippen molar-refractivity contribution in [2.45, 2.75) is 18.7 Å². The third-order valence-electron chi connectivity index (χ3n) is 0.574. The fraction of sp³-hybridized carbons (Fsp3) is 0.750. The zero-order valence-corrected chi connectivity index (χ0v) is 4.31. The molecule has 0 fully saturated rings. The number of rotatable bonds is 1. The van der Waals surface area contributed by atoms with Gasteiger partial charge in [-0.15, -0.1) is 0 Å². The topological polar surface area (TPSA) is 44.0 Å². The molecular weight excluding hydrogens is 135 g/mol. The quantitative estimate of drug-likeness (QED) is 0.546. The van der Waals surface area contributed by atoms with Crippen molar-refractivity contribution in [2.24, 2.45) is 0 Å². The molecule has 2 nitrogen and oxygen atoms in total. The summed E-state index contributed by atoms with van der Waals surface area (Å²) in [6, 6.07) is 1.06. The Kier molecular flexibility index (Phi) is 2.46. The van der Waals surface area contributed by atoms with Gasteiger partial charge in [-0.25, -0.2) is 0 Å². The molecule has 0 aromatic heterocycles. The van der Waals surface area contributed by atoms with E-state index in [1.54, 1.807) is 0 Å². The average Bonchev–Trinajstić information content (AvgIpc) is 1.62. The summed E-state index contributed by atoms with van der Waals surface area (Å²) in [6.07, 6.45) is -7.83. The first kappa shape index (κ1) is 8.24. The summed E-state index contributed by atoms with van der Waals surface area (Å²) in [4.78, 5) is 0. The van der Waals surface area contributed by atoms with E-state index in [1.807, 2.05) is 0 Å². The fourth-order valence-corrected chi connectivity index (χ4v) is 0.265. The molecule has 52 valence electrons. The summed E-state index contributed by atoms with van der Waals surface area (Å²) < 4.78 is 33.5. The molecule has 0 amide bonds. The third kappa shape index (κ3) is 5.11. The summed E-state index contributed by atoms with van der Waals surface area (Å²) in [5.74, 6) is 0. The van der Waals surface area contributed by atoms with Crippen LogP contribution in [-0.2, 0) is 0 Å². The number of hydrogen-bond donors (Lipinski definition) is 1. The second kappa shape index (κ2) is 2.69.